The molecule has 0 aliphatic carbocycles. The number of ether oxygens (including phenoxy) is 1. The van der Waals surface area contributed by atoms with Crippen LogP contribution in [0, 0.1) is 0 Å². The smallest absolute Gasteiger partial charge is 0.254 e. The predicted octanol–water partition coefficient (Wildman–Crippen LogP) is 1.95. The molecule has 0 unspecified atom stereocenters. The average Bonchev–Trinajstić information content (AvgIpc) is 2.64. The SMILES string of the molecule is COc1ccccc1-c1cc(=O)n(CC(=O)Nc2cccnc2)cn1. The molecule has 25 heavy (non-hydrogen) atoms. The number of para-hydroxylation sites is 1. The van der Waals surface area contributed by atoms with Gasteiger partial charge in [0.2, 0.25) is 5.91 Å². The van der Waals surface area contributed by atoms with Gasteiger partial charge in [0, 0.05) is 17.8 Å². The number of nitrogens with one attached hydrogen (secondary N) is 1. The van der Waals surface area contributed by atoms with E-state index in [9.17, 15) is 9.59 Å². The van der Waals surface area contributed by atoms with Crippen LogP contribution in [0.2, 0.25) is 0 Å². The van der Waals surface area contributed by atoms with Crippen molar-refractivity contribution < 1.29 is 9.53 Å². The van der Waals surface area contributed by atoms with Gasteiger partial charge in [0.05, 0.1) is 31.0 Å². The third-order valence-electron chi connectivity index (χ3n) is 3.52. The Labute approximate surface area is 143 Å². The molecule has 0 bridgehead atoms. The lowest BCUT2D eigenvalue weighted by atomic mass is 10.1. The molecule has 0 saturated heterocycles. The third-order valence-corrected chi connectivity index (χ3v) is 3.52. The number of hydrogen-bond donors (Lipinski definition) is 1. The number of anilines is 1. The maximum absolute atomic E-state index is 12.3. The Morgan fingerprint density at radius 1 is 1.24 bits per heavy atom. The van der Waals surface area contributed by atoms with Crippen molar-refractivity contribution in [2.75, 3.05) is 12.4 Å². The number of pyridine rings is 1. The van der Waals surface area contributed by atoms with E-state index in [1.165, 1.54) is 23.2 Å². The number of hydrogen-bond acceptors (Lipinski definition) is 5. The van der Waals surface area contributed by atoms with Crippen molar-refractivity contribution in [3.8, 4) is 17.0 Å². The lowest BCUT2D eigenvalue weighted by Crippen LogP contribution is -2.27. The maximum Gasteiger partial charge on any atom is 0.254 e. The normalized spacial score (nSPS) is 10.3. The van der Waals surface area contributed by atoms with Crippen LogP contribution in [0.4, 0.5) is 5.69 Å². The van der Waals surface area contributed by atoms with Crippen molar-refractivity contribution >= 4 is 11.6 Å². The molecule has 7 nitrogen and oxygen atoms in total. The number of carbonyl (C=O) groups is 1. The number of amides is 1. The van der Waals surface area contributed by atoms with Crippen molar-refractivity contribution in [2.45, 2.75) is 6.54 Å². The highest BCUT2D eigenvalue weighted by Gasteiger charge is 2.10. The minimum Gasteiger partial charge on any atom is -0.496 e. The Morgan fingerprint density at radius 3 is 2.80 bits per heavy atom. The molecule has 1 aromatic carbocycles. The number of benzene rings is 1. The second kappa shape index (κ2) is 7.39. The largest absolute Gasteiger partial charge is 0.496 e. The lowest BCUT2D eigenvalue weighted by Gasteiger charge is -2.09. The number of rotatable bonds is 5. The maximum atomic E-state index is 12.3. The van der Waals surface area contributed by atoms with E-state index in [1.807, 2.05) is 18.2 Å². The highest BCUT2D eigenvalue weighted by Crippen LogP contribution is 2.26. The van der Waals surface area contributed by atoms with Gasteiger partial charge in [-0.05, 0) is 24.3 Å². The molecule has 7 heteroatoms. The lowest BCUT2D eigenvalue weighted by molar-refractivity contribution is -0.116. The number of methoxy groups -OCH3 is 1. The van der Waals surface area contributed by atoms with E-state index >= 15 is 0 Å². The Balaban J connectivity index is 1.78. The zero-order valence-corrected chi connectivity index (χ0v) is 13.5. The van der Waals surface area contributed by atoms with Crippen LogP contribution in [0.1, 0.15) is 0 Å². The molecule has 3 rings (SSSR count). The van der Waals surface area contributed by atoms with Gasteiger partial charge in [-0.2, -0.15) is 0 Å². The molecule has 1 amide bonds. The quantitative estimate of drug-likeness (QED) is 0.770. The molecule has 126 valence electrons. The average molecular weight is 336 g/mol. The van der Waals surface area contributed by atoms with Gasteiger partial charge in [-0.3, -0.25) is 19.1 Å². The summed E-state index contributed by atoms with van der Waals surface area (Å²) in [5.41, 5.74) is 1.46. The molecule has 0 aliphatic heterocycles. The van der Waals surface area contributed by atoms with Gasteiger partial charge in [0.1, 0.15) is 12.3 Å². The third kappa shape index (κ3) is 3.89. The van der Waals surface area contributed by atoms with E-state index in [1.54, 1.807) is 31.5 Å². The van der Waals surface area contributed by atoms with Crippen molar-refractivity contribution in [1.29, 1.82) is 0 Å². The molecule has 0 radical (unpaired) electrons. The van der Waals surface area contributed by atoms with E-state index in [0.29, 0.717) is 22.7 Å². The van der Waals surface area contributed by atoms with E-state index in [2.05, 4.69) is 15.3 Å². The Morgan fingerprint density at radius 2 is 2.08 bits per heavy atom. The van der Waals surface area contributed by atoms with Crippen LogP contribution < -0.4 is 15.6 Å². The van der Waals surface area contributed by atoms with Crippen LogP contribution >= 0.6 is 0 Å². The summed E-state index contributed by atoms with van der Waals surface area (Å²) in [6.45, 7) is -0.132. The summed E-state index contributed by atoms with van der Waals surface area (Å²) in [7, 11) is 1.56. The molecular formula is C18H16N4O3. The summed E-state index contributed by atoms with van der Waals surface area (Å²) in [5, 5.41) is 2.67. The molecule has 3 aromatic rings. The van der Waals surface area contributed by atoms with E-state index in [-0.39, 0.29) is 18.0 Å². The Kier molecular flexibility index (Phi) is 4.84. The highest BCUT2D eigenvalue weighted by atomic mass is 16.5. The molecular weight excluding hydrogens is 320 g/mol. The van der Waals surface area contributed by atoms with Crippen LogP contribution in [0.15, 0.2) is 66.0 Å². The van der Waals surface area contributed by atoms with Gasteiger partial charge >= 0.3 is 0 Å². The first-order valence-electron chi connectivity index (χ1n) is 7.57. The van der Waals surface area contributed by atoms with Crippen molar-refractivity contribution in [3.63, 3.8) is 0 Å². The van der Waals surface area contributed by atoms with Crippen LogP contribution in [0.25, 0.3) is 11.3 Å². The van der Waals surface area contributed by atoms with Gasteiger partial charge in [0.15, 0.2) is 0 Å². The van der Waals surface area contributed by atoms with Gasteiger partial charge < -0.3 is 10.1 Å². The van der Waals surface area contributed by atoms with Crippen LogP contribution in [0.3, 0.4) is 0 Å². The fourth-order valence-electron chi connectivity index (χ4n) is 2.34. The Bertz CT molecular complexity index is 938. The van der Waals surface area contributed by atoms with E-state index < -0.39 is 0 Å². The topological polar surface area (TPSA) is 86.1 Å². The van der Waals surface area contributed by atoms with E-state index in [4.69, 9.17) is 4.74 Å². The first-order valence-corrected chi connectivity index (χ1v) is 7.57. The summed E-state index contributed by atoms with van der Waals surface area (Å²) >= 11 is 0. The molecule has 0 spiro atoms. The van der Waals surface area contributed by atoms with Crippen molar-refractivity contribution in [2.24, 2.45) is 0 Å². The summed E-state index contributed by atoms with van der Waals surface area (Å²) in [6.07, 6.45) is 4.50. The second-order valence-electron chi connectivity index (χ2n) is 5.23. The van der Waals surface area contributed by atoms with Gasteiger partial charge in [-0.1, -0.05) is 12.1 Å². The minimum absolute atomic E-state index is 0.132. The predicted molar refractivity (Wildman–Crippen MR) is 93.4 cm³/mol. The van der Waals surface area contributed by atoms with Gasteiger partial charge in [-0.25, -0.2) is 4.98 Å². The fourth-order valence-corrected chi connectivity index (χ4v) is 2.34. The molecule has 1 N–H and O–H groups in total. The Hall–Kier alpha value is -3.48. The van der Waals surface area contributed by atoms with Crippen LogP contribution in [-0.4, -0.2) is 27.6 Å². The van der Waals surface area contributed by atoms with Gasteiger partial charge in [0.25, 0.3) is 5.56 Å². The second-order valence-corrected chi connectivity index (χ2v) is 5.23. The standard InChI is InChI=1S/C18H16N4O3/c1-25-16-7-3-2-6-14(16)15-9-18(24)22(12-20-15)11-17(23)21-13-5-4-8-19-10-13/h2-10,12H,11H2,1H3,(H,21,23). The fraction of sp³-hybridized carbons (Fsp3) is 0.111. The molecule has 0 aliphatic rings. The zero-order valence-electron chi connectivity index (χ0n) is 13.5. The van der Waals surface area contributed by atoms with Crippen LogP contribution in [-0.2, 0) is 11.3 Å². The summed E-state index contributed by atoms with van der Waals surface area (Å²) in [6, 6.07) is 12.1. The first kappa shape index (κ1) is 16.4. The van der Waals surface area contributed by atoms with E-state index in [0.717, 1.165) is 0 Å². The monoisotopic (exact) mass is 336 g/mol. The molecule has 0 saturated carbocycles. The summed E-state index contributed by atoms with van der Waals surface area (Å²) in [4.78, 5) is 32.5. The molecule has 2 aromatic heterocycles. The molecule has 0 fully saturated rings. The highest BCUT2D eigenvalue weighted by molar-refractivity contribution is 5.90. The van der Waals surface area contributed by atoms with Crippen molar-refractivity contribution in [1.82, 2.24) is 14.5 Å². The minimum atomic E-state index is -0.332. The number of nitrogens with zero attached hydrogens (tertiary/aromatic N) is 3. The van der Waals surface area contributed by atoms with Gasteiger partial charge in [-0.15, -0.1) is 0 Å². The number of carbonyl (C=O) groups excluding carboxylic acids is 1. The van der Waals surface area contributed by atoms with Crippen LogP contribution in [0.5, 0.6) is 5.75 Å². The van der Waals surface area contributed by atoms with Crippen molar-refractivity contribution in [3.05, 3.63) is 71.5 Å². The molecule has 0 atom stereocenters. The zero-order chi connectivity index (χ0) is 17.6. The summed E-state index contributed by atoms with van der Waals surface area (Å²) in [5.74, 6) is 0.295. The molecule has 2 heterocycles. The first-order chi connectivity index (χ1) is 12.2. The number of aromatic nitrogens is 3. The summed E-state index contributed by atoms with van der Waals surface area (Å²) < 4.78 is 6.52.